The second-order valence-corrected chi connectivity index (χ2v) is 7.54. The molecule has 136 valence electrons. The molecule has 1 saturated heterocycles. The van der Waals surface area contributed by atoms with Crippen molar-refractivity contribution in [2.75, 3.05) is 25.0 Å². The molecule has 4 rings (SSSR count). The van der Waals surface area contributed by atoms with Crippen molar-refractivity contribution in [1.29, 1.82) is 0 Å². The molecule has 4 heterocycles. The first-order chi connectivity index (χ1) is 12.8. The van der Waals surface area contributed by atoms with E-state index in [1.807, 2.05) is 24.4 Å². The van der Waals surface area contributed by atoms with Crippen molar-refractivity contribution in [3.05, 3.63) is 42.4 Å². The third-order valence-corrected chi connectivity index (χ3v) is 5.81. The Morgan fingerprint density at radius 1 is 1.23 bits per heavy atom. The highest BCUT2D eigenvalue weighted by atomic mass is 32.1. The molecule has 1 aliphatic rings. The fraction of sp³-hybridized carbons (Fsp3) is 0.444. The number of anilines is 1. The zero-order valence-corrected chi connectivity index (χ0v) is 15.6. The van der Waals surface area contributed by atoms with Gasteiger partial charge in [-0.05, 0) is 38.4 Å². The Morgan fingerprint density at radius 3 is 3.00 bits per heavy atom. The van der Waals surface area contributed by atoms with E-state index in [4.69, 9.17) is 4.52 Å². The first-order valence-corrected chi connectivity index (χ1v) is 9.70. The number of hydrogen-bond donors (Lipinski definition) is 0. The monoisotopic (exact) mass is 370 g/mol. The van der Waals surface area contributed by atoms with E-state index in [0.717, 1.165) is 54.0 Å². The molecule has 1 aliphatic heterocycles. The van der Waals surface area contributed by atoms with E-state index < -0.39 is 0 Å². The summed E-state index contributed by atoms with van der Waals surface area (Å²) in [5.74, 6) is 0. The van der Waals surface area contributed by atoms with Crippen molar-refractivity contribution in [1.82, 2.24) is 25.2 Å². The van der Waals surface area contributed by atoms with Crippen LogP contribution >= 0.6 is 11.3 Å². The molecule has 0 radical (unpaired) electrons. The molecule has 1 unspecified atom stereocenters. The van der Waals surface area contributed by atoms with Crippen LogP contribution in [0.3, 0.4) is 0 Å². The van der Waals surface area contributed by atoms with Gasteiger partial charge in [0, 0.05) is 37.9 Å². The molecule has 1 fully saturated rings. The van der Waals surface area contributed by atoms with Crippen LogP contribution in [-0.2, 0) is 6.54 Å². The Bertz CT molecular complexity index is 806. The van der Waals surface area contributed by atoms with Gasteiger partial charge in [0.1, 0.15) is 12.0 Å². The molecule has 0 amide bonds. The fourth-order valence-electron chi connectivity index (χ4n) is 3.36. The quantitative estimate of drug-likeness (QED) is 0.683. The van der Waals surface area contributed by atoms with E-state index in [0.29, 0.717) is 6.04 Å². The highest BCUT2D eigenvalue weighted by Gasteiger charge is 2.23. The van der Waals surface area contributed by atoms with E-state index in [-0.39, 0.29) is 0 Å². The van der Waals surface area contributed by atoms with Gasteiger partial charge in [0.2, 0.25) is 5.13 Å². The highest BCUT2D eigenvalue weighted by Crippen LogP contribution is 2.29. The second kappa shape index (κ2) is 7.92. The smallest absolute Gasteiger partial charge is 0.208 e. The minimum Gasteiger partial charge on any atom is -0.364 e. The summed E-state index contributed by atoms with van der Waals surface area (Å²) >= 11 is 1.58. The molecular formula is C18H22N6OS. The van der Waals surface area contributed by atoms with Crippen molar-refractivity contribution in [3.63, 3.8) is 0 Å². The van der Waals surface area contributed by atoms with Gasteiger partial charge in [0.25, 0.3) is 0 Å². The Labute approximate surface area is 156 Å². The van der Waals surface area contributed by atoms with E-state index in [1.54, 1.807) is 17.6 Å². The van der Waals surface area contributed by atoms with Crippen LogP contribution in [0.15, 0.2) is 41.2 Å². The van der Waals surface area contributed by atoms with Crippen molar-refractivity contribution in [2.24, 2.45) is 0 Å². The van der Waals surface area contributed by atoms with Crippen LogP contribution in [0.4, 0.5) is 5.13 Å². The molecule has 0 saturated carbocycles. The zero-order valence-electron chi connectivity index (χ0n) is 14.8. The topological polar surface area (TPSA) is 71.2 Å². The van der Waals surface area contributed by atoms with Gasteiger partial charge in [-0.1, -0.05) is 22.6 Å². The van der Waals surface area contributed by atoms with Gasteiger partial charge in [0.05, 0.1) is 5.69 Å². The zero-order chi connectivity index (χ0) is 17.8. The van der Waals surface area contributed by atoms with Gasteiger partial charge in [0.15, 0.2) is 5.01 Å². The molecule has 1 atom stereocenters. The average molecular weight is 370 g/mol. The average Bonchev–Trinajstić information content (AvgIpc) is 3.30. The van der Waals surface area contributed by atoms with Gasteiger partial charge in [-0.25, -0.2) is 0 Å². The van der Waals surface area contributed by atoms with Crippen LogP contribution in [0, 0.1) is 0 Å². The first-order valence-electron chi connectivity index (χ1n) is 8.89. The van der Waals surface area contributed by atoms with Gasteiger partial charge < -0.3 is 9.42 Å². The van der Waals surface area contributed by atoms with Crippen LogP contribution in [0.5, 0.6) is 0 Å². The van der Waals surface area contributed by atoms with Crippen molar-refractivity contribution >= 4 is 16.5 Å². The predicted octanol–water partition coefficient (Wildman–Crippen LogP) is 3.08. The van der Waals surface area contributed by atoms with E-state index >= 15 is 0 Å². The standard InChI is InChI=1S/C18H22N6OS/c1-23(13-14-5-2-3-9-19-14)15-6-4-10-24(11-7-15)18-21-20-17(26-18)16-8-12-25-22-16/h2-3,5,8-9,12,15H,4,6-7,10-11,13H2,1H3. The largest absolute Gasteiger partial charge is 0.364 e. The summed E-state index contributed by atoms with van der Waals surface area (Å²) < 4.78 is 4.90. The summed E-state index contributed by atoms with van der Waals surface area (Å²) in [6.45, 7) is 2.90. The fourth-order valence-corrected chi connectivity index (χ4v) is 4.21. The molecule has 0 spiro atoms. The minimum absolute atomic E-state index is 0.560. The normalized spacial score (nSPS) is 18.2. The summed E-state index contributed by atoms with van der Waals surface area (Å²) in [5.41, 5.74) is 1.87. The van der Waals surface area contributed by atoms with Crippen LogP contribution in [0.25, 0.3) is 10.7 Å². The number of aromatic nitrogens is 4. The Kier molecular flexibility index (Phi) is 5.21. The molecule has 7 nitrogen and oxygen atoms in total. The maximum absolute atomic E-state index is 4.90. The lowest BCUT2D eigenvalue weighted by atomic mass is 10.1. The third-order valence-electron chi connectivity index (χ3n) is 4.80. The van der Waals surface area contributed by atoms with E-state index in [1.165, 1.54) is 6.42 Å². The highest BCUT2D eigenvalue weighted by molar-refractivity contribution is 7.18. The van der Waals surface area contributed by atoms with E-state index in [9.17, 15) is 0 Å². The summed E-state index contributed by atoms with van der Waals surface area (Å²) in [5, 5.41) is 14.3. The minimum atomic E-state index is 0.560. The molecular weight excluding hydrogens is 348 g/mol. The summed E-state index contributed by atoms with van der Waals surface area (Å²) in [6.07, 6.45) is 6.87. The summed E-state index contributed by atoms with van der Waals surface area (Å²) in [4.78, 5) is 9.21. The number of pyridine rings is 1. The van der Waals surface area contributed by atoms with Gasteiger partial charge in [-0.3, -0.25) is 9.88 Å². The molecule has 0 bridgehead atoms. The third kappa shape index (κ3) is 3.91. The van der Waals surface area contributed by atoms with Crippen LogP contribution in [0.2, 0.25) is 0 Å². The molecule has 3 aromatic rings. The summed E-state index contributed by atoms with van der Waals surface area (Å²) in [6, 6.07) is 8.47. The Hall–Kier alpha value is -2.32. The molecule has 0 N–H and O–H groups in total. The van der Waals surface area contributed by atoms with Crippen LogP contribution < -0.4 is 4.90 Å². The predicted molar refractivity (Wildman–Crippen MR) is 101 cm³/mol. The maximum atomic E-state index is 4.90. The molecule has 3 aromatic heterocycles. The number of hydrogen-bond acceptors (Lipinski definition) is 8. The Morgan fingerprint density at radius 2 is 2.19 bits per heavy atom. The second-order valence-electron chi connectivity index (χ2n) is 6.58. The number of rotatable bonds is 5. The lowest BCUT2D eigenvalue weighted by Gasteiger charge is -2.26. The van der Waals surface area contributed by atoms with Gasteiger partial charge in [-0.2, -0.15) is 0 Å². The molecule has 0 aliphatic carbocycles. The lowest BCUT2D eigenvalue weighted by Crippen LogP contribution is -2.33. The van der Waals surface area contributed by atoms with Crippen LogP contribution in [-0.4, -0.2) is 51.4 Å². The summed E-state index contributed by atoms with van der Waals surface area (Å²) in [7, 11) is 2.20. The van der Waals surface area contributed by atoms with Gasteiger partial charge in [-0.15, -0.1) is 10.2 Å². The van der Waals surface area contributed by atoms with Gasteiger partial charge >= 0.3 is 0 Å². The lowest BCUT2D eigenvalue weighted by molar-refractivity contribution is 0.215. The van der Waals surface area contributed by atoms with Crippen LogP contribution in [0.1, 0.15) is 25.0 Å². The van der Waals surface area contributed by atoms with E-state index in [2.05, 4.69) is 43.3 Å². The molecule has 8 heteroatoms. The van der Waals surface area contributed by atoms with Crippen molar-refractivity contribution in [3.8, 4) is 10.7 Å². The SMILES string of the molecule is CN(Cc1ccccn1)C1CCCN(c2nnc(-c3ccon3)s2)CC1. The van der Waals surface area contributed by atoms with Crippen molar-refractivity contribution in [2.45, 2.75) is 31.8 Å². The van der Waals surface area contributed by atoms with Crippen molar-refractivity contribution < 1.29 is 4.52 Å². The number of nitrogens with zero attached hydrogens (tertiary/aromatic N) is 6. The first kappa shape index (κ1) is 17.1. The maximum Gasteiger partial charge on any atom is 0.208 e. The Balaban J connectivity index is 1.37. The molecule has 0 aromatic carbocycles. The molecule has 26 heavy (non-hydrogen) atoms.